The zero-order chi connectivity index (χ0) is 15.6. The number of carbonyl (C=O) groups is 1. The quantitative estimate of drug-likeness (QED) is 0.618. The summed E-state index contributed by atoms with van der Waals surface area (Å²) in [6.07, 6.45) is 0. The molecule has 1 N–H and O–H groups in total. The number of carboxylic acids is 1. The topological polar surface area (TPSA) is 115 Å². The summed E-state index contributed by atoms with van der Waals surface area (Å²) in [7, 11) is 2.96. The molecule has 0 amide bonds. The molecule has 2 atom stereocenters. The molecular weight excluding hydrogens is 282 g/mol. The van der Waals surface area contributed by atoms with E-state index in [9.17, 15) is 20.0 Å². The maximum Gasteiger partial charge on any atom is 0.311 e. The molecule has 114 valence electrons. The van der Waals surface area contributed by atoms with Gasteiger partial charge in [0.15, 0.2) is 0 Å². The third-order valence-electron chi connectivity index (χ3n) is 3.43. The number of pyridine rings is 1. The van der Waals surface area contributed by atoms with Crippen molar-refractivity contribution in [2.24, 2.45) is 5.92 Å². The van der Waals surface area contributed by atoms with E-state index in [1.54, 1.807) is 7.05 Å². The first-order valence-corrected chi connectivity index (χ1v) is 6.18. The van der Waals surface area contributed by atoms with Crippen molar-refractivity contribution in [3.8, 4) is 5.88 Å². The van der Waals surface area contributed by atoms with Crippen molar-refractivity contribution < 1.29 is 24.3 Å². The van der Waals surface area contributed by atoms with Gasteiger partial charge in [0.25, 0.3) is 0 Å². The Bertz CT molecular complexity index is 564. The second kappa shape index (κ2) is 5.92. The fourth-order valence-electron chi connectivity index (χ4n) is 2.26. The van der Waals surface area contributed by atoms with E-state index >= 15 is 0 Å². The van der Waals surface area contributed by atoms with Crippen LogP contribution in [0.25, 0.3) is 0 Å². The molecule has 21 heavy (non-hydrogen) atoms. The van der Waals surface area contributed by atoms with Gasteiger partial charge in [0.2, 0.25) is 11.7 Å². The minimum Gasteiger partial charge on any atom is -0.481 e. The molecule has 1 aromatic heterocycles. The lowest BCUT2D eigenvalue weighted by Gasteiger charge is -2.27. The SMILES string of the molecule is COc1ccc([N+](=O)[O-])c(N(C)C2COCC2C(=O)O)n1. The van der Waals surface area contributed by atoms with Crippen molar-refractivity contribution in [2.45, 2.75) is 6.04 Å². The molecule has 0 saturated carbocycles. The highest BCUT2D eigenvalue weighted by atomic mass is 16.6. The highest BCUT2D eigenvalue weighted by Crippen LogP contribution is 2.31. The van der Waals surface area contributed by atoms with Crippen molar-refractivity contribution in [1.29, 1.82) is 0 Å². The summed E-state index contributed by atoms with van der Waals surface area (Å²) < 4.78 is 10.1. The first kappa shape index (κ1) is 15.0. The average molecular weight is 297 g/mol. The highest BCUT2D eigenvalue weighted by Gasteiger charge is 2.39. The van der Waals surface area contributed by atoms with E-state index in [2.05, 4.69) is 4.98 Å². The van der Waals surface area contributed by atoms with Gasteiger partial charge in [-0.1, -0.05) is 0 Å². The van der Waals surface area contributed by atoms with Crippen molar-refractivity contribution in [3.63, 3.8) is 0 Å². The Morgan fingerprint density at radius 1 is 1.57 bits per heavy atom. The van der Waals surface area contributed by atoms with Crippen LogP contribution in [0.5, 0.6) is 5.88 Å². The fraction of sp³-hybridized carbons (Fsp3) is 0.500. The van der Waals surface area contributed by atoms with Crippen LogP contribution in [-0.4, -0.2) is 54.4 Å². The maximum atomic E-state index is 11.2. The molecule has 1 saturated heterocycles. The van der Waals surface area contributed by atoms with E-state index in [4.69, 9.17) is 9.47 Å². The van der Waals surface area contributed by atoms with Gasteiger partial charge in [-0.05, 0) is 0 Å². The van der Waals surface area contributed by atoms with Gasteiger partial charge in [-0.25, -0.2) is 0 Å². The fourth-order valence-corrected chi connectivity index (χ4v) is 2.26. The lowest BCUT2D eigenvalue weighted by molar-refractivity contribution is -0.384. The van der Waals surface area contributed by atoms with E-state index in [1.807, 2.05) is 0 Å². The Labute approximate surface area is 120 Å². The lowest BCUT2D eigenvalue weighted by atomic mass is 10.0. The number of likely N-dealkylation sites (N-methyl/N-ethyl adjacent to an activating group) is 1. The third kappa shape index (κ3) is 2.87. The van der Waals surface area contributed by atoms with Crippen LogP contribution in [0.2, 0.25) is 0 Å². The summed E-state index contributed by atoms with van der Waals surface area (Å²) in [4.78, 5) is 27.3. The van der Waals surface area contributed by atoms with Gasteiger partial charge in [0, 0.05) is 19.2 Å². The zero-order valence-corrected chi connectivity index (χ0v) is 11.6. The smallest absolute Gasteiger partial charge is 0.311 e. The van der Waals surface area contributed by atoms with Gasteiger partial charge in [-0.15, -0.1) is 0 Å². The summed E-state index contributed by atoms with van der Waals surface area (Å²) >= 11 is 0. The van der Waals surface area contributed by atoms with Crippen LogP contribution in [0.3, 0.4) is 0 Å². The standard InChI is InChI=1S/C12H15N3O6/c1-14(9-6-21-5-7(9)12(16)17)11-8(15(18)19)3-4-10(13-11)20-2/h3-4,7,9H,5-6H2,1-2H3,(H,16,17). The van der Waals surface area contributed by atoms with Gasteiger partial charge in [-0.2, -0.15) is 4.98 Å². The number of nitrogens with zero attached hydrogens (tertiary/aromatic N) is 3. The van der Waals surface area contributed by atoms with Crippen molar-refractivity contribution >= 4 is 17.5 Å². The monoisotopic (exact) mass is 297 g/mol. The summed E-state index contributed by atoms with van der Waals surface area (Å²) in [6, 6.07) is 2.14. The highest BCUT2D eigenvalue weighted by molar-refractivity contribution is 5.73. The number of nitro groups is 1. The number of anilines is 1. The van der Waals surface area contributed by atoms with Crippen molar-refractivity contribution in [2.75, 3.05) is 32.3 Å². The number of ether oxygens (including phenoxy) is 2. The summed E-state index contributed by atoms with van der Waals surface area (Å²) in [5.41, 5.74) is -0.214. The Hall–Kier alpha value is -2.42. The van der Waals surface area contributed by atoms with Crippen LogP contribution in [-0.2, 0) is 9.53 Å². The first-order chi connectivity index (χ1) is 9.95. The summed E-state index contributed by atoms with van der Waals surface area (Å²) in [6.45, 7) is 0.242. The molecule has 1 aliphatic heterocycles. The van der Waals surface area contributed by atoms with Crippen LogP contribution in [0.4, 0.5) is 11.5 Å². The van der Waals surface area contributed by atoms with E-state index < -0.39 is 22.9 Å². The molecule has 0 spiro atoms. The Balaban J connectivity index is 2.39. The van der Waals surface area contributed by atoms with Gasteiger partial charge in [0.05, 0.1) is 31.3 Å². The predicted molar refractivity (Wildman–Crippen MR) is 71.6 cm³/mol. The number of aliphatic carboxylic acids is 1. The normalized spacial score (nSPS) is 21.0. The maximum absolute atomic E-state index is 11.2. The average Bonchev–Trinajstić information content (AvgIpc) is 2.95. The molecule has 0 bridgehead atoms. The van der Waals surface area contributed by atoms with Crippen LogP contribution >= 0.6 is 0 Å². The molecule has 2 rings (SSSR count). The van der Waals surface area contributed by atoms with E-state index in [1.165, 1.54) is 24.1 Å². The van der Waals surface area contributed by atoms with Gasteiger partial charge < -0.3 is 19.5 Å². The van der Waals surface area contributed by atoms with Gasteiger partial charge in [-0.3, -0.25) is 14.9 Å². The minimum atomic E-state index is -1.00. The Morgan fingerprint density at radius 2 is 2.29 bits per heavy atom. The molecular formula is C12H15N3O6. The van der Waals surface area contributed by atoms with E-state index in [0.717, 1.165) is 0 Å². The minimum absolute atomic E-state index is 0.0566. The molecule has 0 aromatic carbocycles. The van der Waals surface area contributed by atoms with Crippen LogP contribution in [0.1, 0.15) is 0 Å². The molecule has 0 aliphatic carbocycles. The zero-order valence-electron chi connectivity index (χ0n) is 11.6. The molecule has 1 fully saturated rings. The summed E-state index contributed by atoms with van der Waals surface area (Å²) in [5.74, 6) is -1.49. The van der Waals surface area contributed by atoms with Crippen LogP contribution in [0.15, 0.2) is 12.1 Å². The third-order valence-corrected chi connectivity index (χ3v) is 3.43. The van der Waals surface area contributed by atoms with E-state index in [0.29, 0.717) is 0 Å². The number of aromatic nitrogens is 1. The van der Waals surface area contributed by atoms with Crippen molar-refractivity contribution in [1.82, 2.24) is 4.98 Å². The van der Waals surface area contributed by atoms with E-state index in [-0.39, 0.29) is 30.6 Å². The molecule has 0 radical (unpaired) electrons. The number of carboxylic acid groups (broad SMARTS) is 1. The van der Waals surface area contributed by atoms with Crippen LogP contribution in [0, 0.1) is 16.0 Å². The lowest BCUT2D eigenvalue weighted by Crippen LogP contribution is -2.41. The number of methoxy groups -OCH3 is 1. The molecule has 1 aromatic rings. The number of hydrogen-bond acceptors (Lipinski definition) is 7. The summed E-state index contributed by atoms with van der Waals surface area (Å²) in [5, 5.41) is 20.3. The first-order valence-electron chi connectivity index (χ1n) is 6.18. The number of rotatable bonds is 5. The molecule has 2 heterocycles. The number of hydrogen-bond donors (Lipinski definition) is 1. The largest absolute Gasteiger partial charge is 0.481 e. The molecule has 1 aliphatic rings. The Kier molecular flexibility index (Phi) is 4.22. The predicted octanol–water partition coefficient (Wildman–Crippen LogP) is 0.534. The molecule has 9 heteroatoms. The molecule has 2 unspecified atom stereocenters. The Morgan fingerprint density at radius 3 is 2.86 bits per heavy atom. The van der Waals surface area contributed by atoms with Gasteiger partial charge in [0.1, 0.15) is 5.92 Å². The van der Waals surface area contributed by atoms with Crippen LogP contribution < -0.4 is 9.64 Å². The van der Waals surface area contributed by atoms with Crippen molar-refractivity contribution in [3.05, 3.63) is 22.2 Å². The molecule has 9 nitrogen and oxygen atoms in total. The second-order valence-electron chi connectivity index (χ2n) is 4.61. The van der Waals surface area contributed by atoms with Gasteiger partial charge >= 0.3 is 11.7 Å². The second-order valence-corrected chi connectivity index (χ2v) is 4.61.